The lowest BCUT2D eigenvalue weighted by Gasteiger charge is -2.32. The molecule has 1 amide bonds. The Morgan fingerprint density at radius 1 is 0.969 bits per heavy atom. The molecule has 0 radical (unpaired) electrons. The molecule has 0 spiro atoms. The summed E-state index contributed by atoms with van der Waals surface area (Å²) in [6, 6.07) is 16.3. The summed E-state index contributed by atoms with van der Waals surface area (Å²) >= 11 is 1.71. The van der Waals surface area contributed by atoms with E-state index in [1.165, 1.54) is 5.56 Å². The number of anilines is 1. The molecule has 1 saturated heterocycles. The van der Waals surface area contributed by atoms with E-state index in [1.54, 1.807) is 11.3 Å². The Labute approximate surface area is 191 Å². The number of benzene rings is 2. The summed E-state index contributed by atoms with van der Waals surface area (Å²) in [5, 5.41) is 8.94. The van der Waals surface area contributed by atoms with E-state index in [9.17, 15) is 4.79 Å². The molecule has 2 aromatic heterocycles. The third kappa shape index (κ3) is 4.00. The molecule has 7 heteroatoms. The molecule has 32 heavy (non-hydrogen) atoms. The van der Waals surface area contributed by atoms with Crippen molar-refractivity contribution in [3.63, 3.8) is 0 Å². The van der Waals surface area contributed by atoms with Crippen molar-refractivity contribution in [2.24, 2.45) is 0 Å². The van der Waals surface area contributed by atoms with E-state index >= 15 is 0 Å². The van der Waals surface area contributed by atoms with Gasteiger partial charge in [-0.2, -0.15) is 10.1 Å². The predicted molar refractivity (Wildman–Crippen MR) is 130 cm³/mol. The zero-order valence-corrected chi connectivity index (χ0v) is 19.4. The number of nitrogens with one attached hydrogen (secondary N) is 1. The molecule has 164 valence electrons. The number of nitrogens with zero attached hydrogens (tertiary/aromatic N) is 4. The lowest BCUT2D eigenvalue weighted by molar-refractivity contribution is 0.0931. The van der Waals surface area contributed by atoms with E-state index in [4.69, 9.17) is 10.1 Å². The second kappa shape index (κ2) is 8.39. The number of rotatable bonds is 4. The highest BCUT2D eigenvalue weighted by Gasteiger charge is 2.25. The minimum Gasteiger partial charge on any atom is -0.349 e. The highest BCUT2D eigenvalue weighted by atomic mass is 32.1. The van der Waals surface area contributed by atoms with E-state index < -0.39 is 0 Å². The number of carbonyl (C=O) groups excluding carboxylic acids is 1. The first-order valence-corrected chi connectivity index (χ1v) is 11.9. The summed E-state index contributed by atoms with van der Waals surface area (Å²) in [4.78, 5) is 19.8. The van der Waals surface area contributed by atoms with Crippen molar-refractivity contribution in [2.45, 2.75) is 39.7 Å². The fourth-order valence-electron chi connectivity index (χ4n) is 4.11. The standard InChI is InChI=1S/C25H27N5OS/c1-16-4-8-19(9-5-16)24(31)26-20-12-14-29(15-13-20)25-27-23-22(32-25)18(3)28-30(23)21-10-6-17(2)7-11-21/h4-11,20H,12-15H2,1-3H3,(H,26,31). The monoisotopic (exact) mass is 445 g/mol. The van der Waals surface area contributed by atoms with E-state index in [-0.39, 0.29) is 11.9 Å². The Bertz CT molecular complexity index is 1250. The molecule has 1 N–H and O–H groups in total. The van der Waals surface area contributed by atoms with Gasteiger partial charge in [0.05, 0.1) is 16.1 Å². The number of amides is 1. The van der Waals surface area contributed by atoms with Gasteiger partial charge in [0.2, 0.25) is 0 Å². The van der Waals surface area contributed by atoms with Gasteiger partial charge >= 0.3 is 0 Å². The number of hydrogen-bond donors (Lipinski definition) is 1. The van der Waals surface area contributed by atoms with E-state index in [1.807, 2.05) is 42.8 Å². The van der Waals surface area contributed by atoms with Crippen molar-refractivity contribution >= 4 is 32.7 Å². The average molecular weight is 446 g/mol. The van der Waals surface area contributed by atoms with Crippen molar-refractivity contribution in [3.8, 4) is 5.69 Å². The van der Waals surface area contributed by atoms with Crippen LogP contribution in [0.3, 0.4) is 0 Å². The number of carbonyl (C=O) groups is 1. The highest BCUT2D eigenvalue weighted by molar-refractivity contribution is 7.22. The quantitative estimate of drug-likeness (QED) is 0.490. The van der Waals surface area contributed by atoms with Crippen molar-refractivity contribution in [2.75, 3.05) is 18.0 Å². The van der Waals surface area contributed by atoms with Crippen LogP contribution in [0.25, 0.3) is 16.0 Å². The van der Waals surface area contributed by atoms with Gasteiger partial charge in [-0.05, 0) is 57.9 Å². The fourth-order valence-corrected chi connectivity index (χ4v) is 5.15. The Balaban J connectivity index is 1.28. The maximum absolute atomic E-state index is 12.5. The smallest absolute Gasteiger partial charge is 0.251 e. The van der Waals surface area contributed by atoms with Crippen LogP contribution in [0.2, 0.25) is 0 Å². The maximum atomic E-state index is 12.5. The lowest BCUT2D eigenvalue weighted by Crippen LogP contribution is -2.44. The normalized spacial score (nSPS) is 14.8. The van der Waals surface area contributed by atoms with Crippen LogP contribution in [-0.4, -0.2) is 39.8 Å². The van der Waals surface area contributed by atoms with E-state index in [0.717, 1.165) is 63.9 Å². The Morgan fingerprint density at radius 2 is 1.59 bits per heavy atom. The second-order valence-electron chi connectivity index (χ2n) is 8.58. The van der Waals surface area contributed by atoms with Crippen LogP contribution < -0.4 is 10.2 Å². The van der Waals surface area contributed by atoms with Crippen molar-refractivity contribution in [3.05, 3.63) is 70.9 Å². The number of piperidine rings is 1. The van der Waals surface area contributed by atoms with Gasteiger partial charge in [-0.15, -0.1) is 0 Å². The molecule has 1 fully saturated rings. The van der Waals surface area contributed by atoms with E-state index in [0.29, 0.717) is 0 Å². The summed E-state index contributed by atoms with van der Waals surface area (Å²) in [5.41, 5.74) is 6.06. The van der Waals surface area contributed by atoms with Crippen molar-refractivity contribution in [1.29, 1.82) is 0 Å². The van der Waals surface area contributed by atoms with Gasteiger partial charge in [0, 0.05) is 24.7 Å². The number of aromatic nitrogens is 3. The zero-order valence-electron chi connectivity index (χ0n) is 18.6. The van der Waals surface area contributed by atoms with Gasteiger partial charge in [-0.1, -0.05) is 46.7 Å². The van der Waals surface area contributed by atoms with Gasteiger partial charge < -0.3 is 10.2 Å². The molecule has 4 aromatic rings. The highest BCUT2D eigenvalue weighted by Crippen LogP contribution is 2.33. The zero-order chi connectivity index (χ0) is 22.2. The number of fused-ring (bicyclic) bond motifs is 1. The Morgan fingerprint density at radius 3 is 2.25 bits per heavy atom. The molecule has 3 heterocycles. The molecule has 0 unspecified atom stereocenters. The van der Waals surface area contributed by atoms with Crippen LogP contribution in [0.5, 0.6) is 0 Å². The molecule has 2 aromatic carbocycles. The van der Waals surface area contributed by atoms with Gasteiger partial charge in [0.25, 0.3) is 5.91 Å². The average Bonchev–Trinajstić information content (AvgIpc) is 3.36. The van der Waals surface area contributed by atoms with Crippen LogP contribution >= 0.6 is 11.3 Å². The largest absolute Gasteiger partial charge is 0.349 e. The van der Waals surface area contributed by atoms with Crippen LogP contribution in [0.4, 0.5) is 5.13 Å². The lowest BCUT2D eigenvalue weighted by atomic mass is 10.0. The van der Waals surface area contributed by atoms with Crippen molar-refractivity contribution < 1.29 is 4.79 Å². The molecule has 1 aliphatic heterocycles. The first-order valence-electron chi connectivity index (χ1n) is 11.0. The van der Waals surface area contributed by atoms with Crippen LogP contribution in [0, 0.1) is 20.8 Å². The molecule has 1 aliphatic rings. The minimum absolute atomic E-state index is 0.0113. The first kappa shape index (κ1) is 20.7. The molecular formula is C25H27N5OS. The summed E-state index contributed by atoms with van der Waals surface area (Å²) in [6.45, 7) is 7.92. The first-order chi connectivity index (χ1) is 15.5. The molecule has 0 bridgehead atoms. The third-order valence-corrected chi connectivity index (χ3v) is 7.28. The minimum atomic E-state index is 0.0113. The van der Waals surface area contributed by atoms with Crippen LogP contribution in [0.1, 0.15) is 40.0 Å². The van der Waals surface area contributed by atoms with Gasteiger partial charge in [0.1, 0.15) is 0 Å². The fraction of sp³-hybridized carbons (Fsp3) is 0.320. The molecular weight excluding hydrogens is 418 g/mol. The van der Waals surface area contributed by atoms with Gasteiger partial charge in [0.15, 0.2) is 10.8 Å². The molecule has 6 nitrogen and oxygen atoms in total. The van der Waals surface area contributed by atoms with Crippen LogP contribution in [-0.2, 0) is 0 Å². The third-order valence-electron chi connectivity index (χ3n) is 6.07. The Hall–Kier alpha value is -3.19. The topological polar surface area (TPSA) is 63.1 Å². The summed E-state index contributed by atoms with van der Waals surface area (Å²) in [6.07, 6.45) is 1.83. The van der Waals surface area contributed by atoms with Crippen molar-refractivity contribution in [1.82, 2.24) is 20.1 Å². The summed E-state index contributed by atoms with van der Waals surface area (Å²) in [5.74, 6) is 0.0113. The van der Waals surface area contributed by atoms with Gasteiger partial charge in [-0.3, -0.25) is 4.79 Å². The Kier molecular flexibility index (Phi) is 5.43. The number of thiazole rings is 1. The number of aryl methyl sites for hydroxylation is 3. The molecule has 0 saturated carbocycles. The second-order valence-corrected chi connectivity index (χ2v) is 9.56. The molecule has 5 rings (SSSR count). The SMILES string of the molecule is Cc1ccc(C(=O)NC2CCN(c3nc4c(s3)c(C)nn4-c3ccc(C)cc3)CC2)cc1. The van der Waals surface area contributed by atoms with Gasteiger partial charge in [-0.25, -0.2) is 4.68 Å². The van der Waals surface area contributed by atoms with E-state index in [2.05, 4.69) is 41.4 Å². The summed E-state index contributed by atoms with van der Waals surface area (Å²) < 4.78 is 3.08. The van der Waals surface area contributed by atoms with Crippen LogP contribution in [0.15, 0.2) is 48.5 Å². The molecule has 0 atom stereocenters. The summed E-state index contributed by atoms with van der Waals surface area (Å²) in [7, 11) is 0. The molecule has 0 aliphatic carbocycles. The maximum Gasteiger partial charge on any atom is 0.251 e. The predicted octanol–water partition coefficient (Wildman–Crippen LogP) is 4.81. The number of hydrogen-bond acceptors (Lipinski definition) is 5.